The highest BCUT2D eigenvalue weighted by Crippen LogP contribution is 1.85. The lowest BCUT2D eigenvalue weighted by molar-refractivity contribution is -0.847. The molecule has 1 N–H and O–H groups in total. The molecule has 0 bridgehead atoms. The zero-order chi connectivity index (χ0) is 8.23. The molecule has 0 saturated carbocycles. The number of nitrogens with zero attached hydrogens (tertiary/aromatic N) is 3. The van der Waals surface area contributed by atoms with Gasteiger partial charge in [-0.15, -0.1) is 0 Å². The van der Waals surface area contributed by atoms with Crippen molar-refractivity contribution in [2.45, 2.75) is 0 Å². The monoisotopic (exact) mass is 202 g/mol. The molecule has 5 nitrogen and oxygen atoms in total. The van der Waals surface area contributed by atoms with Crippen LogP contribution in [0.25, 0.3) is 0 Å². The molecule has 0 amide bonds. The third-order valence-corrected chi connectivity index (χ3v) is 1.91. The number of ether oxygens (including phenoxy) is 1. The van der Waals surface area contributed by atoms with Gasteiger partial charge in [0.2, 0.25) is 0 Å². The molecular weight excluding hydrogens is 192 g/mol. The molecule has 72 valence electrons. The van der Waals surface area contributed by atoms with Crippen LogP contribution < -0.4 is 17.3 Å². The van der Waals surface area contributed by atoms with Gasteiger partial charge in [0.05, 0.1) is 13.2 Å². The van der Waals surface area contributed by atoms with Crippen molar-refractivity contribution in [2.24, 2.45) is 0 Å². The fourth-order valence-corrected chi connectivity index (χ4v) is 1.26. The molecule has 6 heteroatoms. The van der Waals surface area contributed by atoms with E-state index in [9.17, 15) is 0 Å². The van der Waals surface area contributed by atoms with E-state index in [1.54, 1.807) is 0 Å². The normalized spacial score (nSPS) is 17.8. The molecule has 0 spiro atoms. The molecule has 0 unspecified atom stereocenters. The van der Waals surface area contributed by atoms with Crippen LogP contribution in [0.1, 0.15) is 0 Å². The molecule has 13 heavy (non-hydrogen) atoms. The number of hydrogen-bond acceptors (Lipinski definition) is 4. The zero-order valence-electron chi connectivity index (χ0n) is 7.11. The van der Waals surface area contributed by atoms with E-state index in [1.165, 1.54) is 17.6 Å². The Hall–Kier alpha value is -0.780. The van der Waals surface area contributed by atoms with Gasteiger partial charge >= 0.3 is 5.95 Å². The van der Waals surface area contributed by atoms with Gasteiger partial charge in [-0.2, -0.15) is 9.97 Å². The maximum Gasteiger partial charge on any atom is 0.330 e. The summed E-state index contributed by atoms with van der Waals surface area (Å²) in [6.45, 7) is 3.48. The molecule has 0 atom stereocenters. The molecule has 2 heterocycles. The number of morpholine rings is 1. The number of hydrogen-bond donors (Lipinski definition) is 1. The molecule has 1 fully saturated rings. The largest absolute Gasteiger partial charge is 1.00 e. The predicted octanol–water partition coefficient (Wildman–Crippen LogP) is -4.58. The SMILES string of the molecule is [Cl-].c1ncnc([NH+]2CCOCC2)n1. The van der Waals surface area contributed by atoms with Crippen LogP contribution >= 0.6 is 0 Å². The van der Waals surface area contributed by atoms with Gasteiger partial charge in [0.1, 0.15) is 25.7 Å². The van der Waals surface area contributed by atoms with Crippen LogP contribution in [0.2, 0.25) is 0 Å². The average Bonchev–Trinajstić information content (AvgIpc) is 2.21. The summed E-state index contributed by atoms with van der Waals surface area (Å²) < 4.78 is 5.23. The van der Waals surface area contributed by atoms with Gasteiger partial charge in [-0.3, -0.25) is 4.90 Å². The highest BCUT2D eigenvalue weighted by Gasteiger charge is 2.18. The lowest BCUT2D eigenvalue weighted by Crippen LogP contribution is -3.10. The number of aromatic nitrogens is 3. The third-order valence-electron chi connectivity index (χ3n) is 1.91. The first-order valence-corrected chi connectivity index (χ1v) is 4.01. The lowest BCUT2D eigenvalue weighted by Gasteiger charge is -2.20. The first kappa shape index (κ1) is 10.3. The van der Waals surface area contributed by atoms with Crippen LogP contribution in [-0.4, -0.2) is 41.3 Å². The van der Waals surface area contributed by atoms with Gasteiger partial charge in [0.25, 0.3) is 0 Å². The molecule has 1 aromatic rings. The molecular formula is C7H11ClN4O. The fraction of sp³-hybridized carbons (Fsp3) is 0.571. The van der Waals surface area contributed by atoms with Crippen molar-refractivity contribution in [3.05, 3.63) is 12.7 Å². The second-order valence-electron chi connectivity index (χ2n) is 2.68. The van der Waals surface area contributed by atoms with Crippen LogP contribution in [0.4, 0.5) is 5.95 Å². The average molecular weight is 203 g/mol. The Balaban J connectivity index is 0.000000845. The van der Waals surface area contributed by atoms with Gasteiger partial charge in [-0.05, 0) is 0 Å². The van der Waals surface area contributed by atoms with E-state index in [2.05, 4.69) is 15.0 Å². The van der Waals surface area contributed by atoms with Gasteiger partial charge in [-0.25, -0.2) is 4.98 Å². The van der Waals surface area contributed by atoms with E-state index in [4.69, 9.17) is 4.74 Å². The van der Waals surface area contributed by atoms with Crippen LogP contribution in [0.15, 0.2) is 12.7 Å². The molecule has 1 saturated heterocycles. The van der Waals surface area contributed by atoms with Crippen molar-refractivity contribution in [3.8, 4) is 0 Å². The van der Waals surface area contributed by atoms with Crippen molar-refractivity contribution in [2.75, 3.05) is 26.3 Å². The molecule has 0 aromatic carbocycles. The van der Waals surface area contributed by atoms with Gasteiger partial charge < -0.3 is 17.1 Å². The Morgan fingerprint density at radius 2 is 1.77 bits per heavy atom. The molecule has 1 aliphatic heterocycles. The van der Waals surface area contributed by atoms with E-state index in [1.807, 2.05) is 0 Å². The quantitative estimate of drug-likeness (QED) is 0.498. The predicted molar refractivity (Wildman–Crippen MR) is 41.0 cm³/mol. The first-order valence-electron chi connectivity index (χ1n) is 4.01. The van der Waals surface area contributed by atoms with E-state index < -0.39 is 0 Å². The smallest absolute Gasteiger partial charge is 0.330 e. The van der Waals surface area contributed by atoms with Crippen molar-refractivity contribution >= 4 is 5.95 Å². The maximum absolute atomic E-state index is 5.23. The minimum atomic E-state index is 0. The van der Waals surface area contributed by atoms with E-state index >= 15 is 0 Å². The fourth-order valence-electron chi connectivity index (χ4n) is 1.26. The summed E-state index contributed by atoms with van der Waals surface area (Å²) in [6.07, 6.45) is 3.07. The minimum absolute atomic E-state index is 0. The van der Waals surface area contributed by atoms with Gasteiger partial charge in [-0.1, -0.05) is 0 Å². The Bertz CT molecular complexity index is 240. The third kappa shape index (κ3) is 2.58. The second-order valence-corrected chi connectivity index (χ2v) is 2.68. The van der Waals surface area contributed by atoms with E-state index in [-0.39, 0.29) is 12.4 Å². The second kappa shape index (κ2) is 5.06. The Kier molecular flexibility index (Phi) is 4.01. The van der Waals surface area contributed by atoms with Crippen LogP contribution in [0.3, 0.4) is 0 Å². The lowest BCUT2D eigenvalue weighted by atomic mass is 10.4. The first-order chi connectivity index (χ1) is 5.97. The summed E-state index contributed by atoms with van der Waals surface area (Å²) in [5.41, 5.74) is 0. The molecule has 1 aliphatic rings. The summed E-state index contributed by atoms with van der Waals surface area (Å²) >= 11 is 0. The summed E-state index contributed by atoms with van der Waals surface area (Å²) in [5, 5.41) is 0. The standard InChI is InChI=1S/C7H10N4O.ClH/c1-3-12-4-2-11(1)7-9-5-8-6-10-7;/h5-6H,1-4H2;1H. The van der Waals surface area contributed by atoms with Crippen molar-refractivity contribution < 1.29 is 22.0 Å². The summed E-state index contributed by atoms with van der Waals surface area (Å²) in [5.74, 6) is 0.827. The van der Waals surface area contributed by atoms with Crippen molar-refractivity contribution in [3.63, 3.8) is 0 Å². The molecule has 0 aliphatic carbocycles. The highest BCUT2D eigenvalue weighted by molar-refractivity contribution is 4.96. The topological polar surface area (TPSA) is 52.3 Å². The van der Waals surface area contributed by atoms with Crippen LogP contribution in [-0.2, 0) is 4.74 Å². The van der Waals surface area contributed by atoms with Crippen molar-refractivity contribution in [1.29, 1.82) is 0 Å². The van der Waals surface area contributed by atoms with E-state index in [0.29, 0.717) is 0 Å². The summed E-state index contributed by atoms with van der Waals surface area (Å²) in [7, 11) is 0. The number of nitrogens with one attached hydrogen (secondary N) is 1. The Morgan fingerprint density at radius 3 is 2.38 bits per heavy atom. The Morgan fingerprint density at radius 1 is 1.15 bits per heavy atom. The summed E-state index contributed by atoms with van der Waals surface area (Å²) in [6, 6.07) is 0. The number of rotatable bonds is 1. The minimum Gasteiger partial charge on any atom is -1.00 e. The maximum atomic E-state index is 5.23. The van der Waals surface area contributed by atoms with Crippen molar-refractivity contribution in [1.82, 2.24) is 15.0 Å². The van der Waals surface area contributed by atoms with Gasteiger partial charge in [0, 0.05) is 0 Å². The molecule has 0 radical (unpaired) electrons. The zero-order valence-corrected chi connectivity index (χ0v) is 7.87. The highest BCUT2D eigenvalue weighted by atomic mass is 35.5. The van der Waals surface area contributed by atoms with Gasteiger partial charge in [0.15, 0.2) is 0 Å². The number of halogens is 1. The van der Waals surface area contributed by atoms with Crippen LogP contribution in [0, 0.1) is 0 Å². The Labute approximate surface area is 82.6 Å². The van der Waals surface area contributed by atoms with E-state index in [0.717, 1.165) is 32.3 Å². The molecule has 2 rings (SSSR count). The summed E-state index contributed by atoms with van der Waals surface area (Å²) in [4.78, 5) is 13.2. The number of quaternary nitrogens is 1. The van der Waals surface area contributed by atoms with Crippen LogP contribution in [0.5, 0.6) is 0 Å². The molecule has 1 aromatic heterocycles.